The first-order valence-corrected chi connectivity index (χ1v) is 6.92. The Morgan fingerprint density at radius 1 is 1.22 bits per heavy atom. The Morgan fingerprint density at radius 2 is 2.00 bits per heavy atom. The van der Waals surface area contributed by atoms with E-state index in [1.54, 1.807) is 25.1 Å². The molecule has 116 valence electrons. The first-order valence-electron chi connectivity index (χ1n) is 6.92. The first kappa shape index (κ1) is 14.8. The van der Waals surface area contributed by atoms with Crippen molar-refractivity contribution >= 4 is 28.5 Å². The van der Waals surface area contributed by atoms with Crippen LogP contribution in [0.4, 0.5) is 5.69 Å². The number of fused-ring (bicyclic) bond motifs is 1. The number of rotatable bonds is 4. The molecule has 23 heavy (non-hydrogen) atoms. The van der Waals surface area contributed by atoms with Crippen molar-refractivity contribution < 1.29 is 18.6 Å². The fourth-order valence-corrected chi connectivity index (χ4v) is 2.35. The SMILES string of the molecule is CC(=O)C=Cc1oc2ccc([N+](=O)[O-])cc2c1-c1ccc(C)o1. The van der Waals surface area contributed by atoms with Gasteiger partial charge in [-0.25, -0.2) is 0 Å². The van der Waals surface area contributed by atoms with Gasteiger partial charge in [-0.1, -0.05) is 0 Å². The zero-order valence-corrected chi connectivity index (χ0v) is 12.5. The summed E-state index contributed by atoms with van der Waals surface area (Å²) in [5, 5.41) is 11.6. The zero-order chi connectivity index (χ0) is 16.6. The first-order chi connectivity index (χ1) is 11.0. The number of allylic oxidation sites excluding steroid dienone is 1. The van der Waals surface area contributed by atoms with Gasteiger partial charge in [0.05, 0.1) is 10.5 Å². The second-order valence-corrected chi connectivity index (χ2v) is 5.13. The number of nitro benzene ring substituents is 1. The molecule has 1 aromatic carbocycles. The molecule has 6 nitrogen and oxygen atoms in total. The van der Waals surface area contributed by atoms with E-state index in [1.807, 2.05) is 0 Å². The van der Waals surface area contributed by atoms with Gasteiger partial charge in [0, 0.05) is 17.5 Å². The highest BCUT2D eigenvalue weighted by Gasteiger charge is 2.19. The molecule has 2 aromatic heterocycles. The average Bonchev–Trinajstić information content (AvgIpc) is 3.07. The third-order valence-corrected chi connectivity index (χ3v) is 3.37. The summed E-state index contributed by atoms with van der Waals surface area (Å²) in [6.07, 6.45) is 2.92. The molecule has 0 saturated heterocycles. The van der Waals surface area contributed by atoms with Crippen molar-refractivity contribution in [3.8, 4) is 11.3 Å². The smallest absolute Gasteiger partial charge is 0.270 e. The van der Waals surface area contributed by atoms with Gasteiger partial charge in [0.2, 0.25) is 0 Å². The van der Waals surface area contributed by atoms with E-state index in [4.69, 9.17) is 8.83 Å². The maximum absolute atomic E-state index is 11.2. The normalized spacial score (nSPS) is 11.4. The lowest BCUT2D eigenvalue weighted by molar-refractivity contribution is -0.384. The van der Waals surface area contributed by atoms with Crippen LogP contribution in [0, 0.1) is 17.0 Å². The van der Waals surface area contributed by atoms with Crippen LogP contribution in [0.1, 0.15) is 18.4 Å². The van der Waals surface area contributed by atoms with E-state index in [1.165, 1.54) is 31.2 Å². The van der Waals surface area contributed by atoms with Crippen LogP contribution in [-0.2, 0) is 4.79 Å². The van der Waals surface area contributed by atoms with Crippen LogP contribution < -0.4 is 0 Å². The predicted octanol–water partition coefficient (Wildman–Crippen LogP) is 4.51. The fraction of sp³-hybridized carbons (Fsp3) is 0.118. The van der Waals surface area contributed by atoms with Gasteiger partial charge in [0.1, 0.15) is 22.9 Å². The number of benzene rings is 1. The summed E-state index contributed by atoms with van der Waals surface area (Å²) in [7, 11) is 0. The summed E-state index contributed by atoms with van der Waals surface area (Å²) < 4.78 is 11.4. The molecule has 0 unspecified atom stereocenters. The fourth-order valence-electron chi connectivity index (χ4n) is 2.35. The molecule has 3 rings (SSSR count). The molecule has 0 saturated carbocycles. The quantitative estimate of drug-likeness (QED) is 0.402. The topological polar surface area (TPSA) is 86.5 Å². The van der Waals surface area contributed by atoms with Crippen molar-refractivity contribution in [2.45, 2.75) is 13.8 Å². The monoisotopic (exact) mass is 311 g/mol. The van der Waals surface area contributed by atoms with Gasteiger partial charge in [0.15, 0.2) is 5.78 Å². The van der Waals surface area contributed by atoms with E-state index in [9.17, 15) is 14.9 Å². The molecular weight excluding hydrogens is 298 g/mol. The molecule has 6 heteroatoms. The highest BCUT2D eigenvalue weighted by atomic mass is 16.6. The Labute approximate surface area is 131 Å². The number of aryl methyl sites for hydroxylation is 1. The van der Waals surface area contributed by atoms with E-state index < -0.39 is 4.92 Å². The maximum atomic E-state index is 11.2. The summed E-state index contributed by atoms with van der Waals surface area (Å²) in [6, 6.07) is 7.92. The van der Waals surface area contributed by atoms with Gasteiger partial charge >= 0.3 is 0 Å². The minimum atomic E-state index is -0.464. The standard InChI is InChI=1S/C17H13NO5/c1-10(19)3-6-16-17(15-7-4-11(2)22-15)13-9-12(18(20)21)5-8-14(13)23-16/h3-9H,1-2H3. The Hall–Kier alpha value is -3.15. The van der Waals surface area contributed by atoms with E-state index in [2.05, 4.69) is 0 Å². The summed E-state index contributed by atoms with van der Waals surface area (Å²) in [5.74, 6) is 1.54. The average molecular weight is 311 g/mol. The number of hydrogen-bond acceptors (Lipinski definition) is 5. The highest BCUT2D eigenvalue weighted by molar-refractivity contribution is 6.00. The second kappa shape index (κ2) is 5.57. The summed E-state index contributed by atoms with van der Waals surface area (Å²) in [5.41, 5.74) is 1.04. The number of furan rings is 2. The molecule has 0 N–H and O–H groups in total. The van der Waals surface area contributed by atoms with Gasteiger partial charge in [-0.15, -0.1) is 0 Å². The molecule has 0 atom stereocenters. The van der Waals surface area contributed by atoms with Crippen molar-refractivity contribution in [1.82, 2.24) is 0 Å². The maximum Gasteiger partial charge on any atom is 0.270 e. The van der Waals surface area contributed by atoms with Crippen molar-refractivity contribution in [1.29, 1.82) is 0 Å². The molecule has 0 fully saturated rings. The van der Waals surface area contributed by atoms with Crippen LogP contribution in [0.15, 0.2) is 45.2 Å². The van der Waals surface area contributed by atoms with Crippen molar-refractivity contribution in [3.63, 3.8) is 0 Å². The third-order valence-electron chi connectivity index (χ3n) is 3.37. The van der Waals surface area contributed by atoms with Gasteiger partial charge in [-0.2, -0.15) is 0 Å². The molecule has 0 spiro atoms. The molecule has 3 aromatic rings. The Balaban J connectivity index is 2.29. The molecule has 0 radical (unpaired) electrons. The van der Waals surface area contributed by atoms with E-state index in [0.717, 1.165) is 0 Å². The largest absolute Gasteiger partial charge is 0.461 e. The van der Waals surface area contributed by atoms with Crippen LogP contribution in [0.25, 0.3) is 28.4 Å². The lowest BCUT2D eigenvalue weighted by Gasteiger charge is -1.96. The van der Waals surface area contributed by atoms with E-state index >= 15 is 0 Å². The van der Waals surface area contributed by atoms with Crippen LogP contribution >= 0.6 is 0 Å². The number of ketones is 1. The predicted molar refractivity (Wildman–Crippen MR) is 85.0 cm³/mol. The van der Waals surface area contributed by atoms with E-state index in [0.29, 0.717) is 33.8 Å². The minimum absolute atomic E-state index is 0.0371. The number of nitro groups is 1. The van der Waals surface area contributed by atoms with Crippen molar-refractivity contribution in [2.75, 3.05) is 0 Å². The molecular formula is C17H13NO5. The van der Waals surface area contributed by atoms with Gasteiger partial charge in [-0.3, -0.25) is 14.9 Å². The zero-order valence-electron chi connectivity index (χ0n) is 12.5. The van der Waals surface area contributed by atoms with Crippen molar-refractivity contribution in [2.24, 2.45) is 0 Å². The summed E-state index contributed by atoms with van der Waals surface area (Å²) >= 11 is 0. The minimum Gasteiger partial charge on any atom is -0.461 e. The molecule has 0 aliphatic carbocycles. The molecule has 0 aliphatic rings. The van der Waals surface area contributed by atoms with Crippen LogP contribution in [0.5, 0.6) is 0 Å². The van der Waals surface area contributed by atoms with Gasteiger partial charge in [-0.05, 0) is 44.2 Å². The van der Waals surface area contributed by atoms with Crippen molar-refractivity contribution in [3.05, 3.63) is 58.0 Å². The third kappa shape index (κ3) is 2.78. The second-order valence-electron chi connectivity index (χ2n) is 5.13. The van der Waals surface area contributed by atoms with Crippen LogP contribution in [0.2, 0.25) is 0 Å². The Bertz CT molecular complexity index is 945. The molecule has 0 bridgehead atoms. The number of carbonyl (C=O) groups is 1. The van der Waals surface area contributed by atoms with Gasteiger partial charge in [0.25, 0.3) is 5.69 Å². The van der Waals surface area contributed by atoms with Crippen LogP contribution in [-0.4, -0.2) is 10.7 Å². The number of hydrogen-bond donors (Lipinski definition) is 0. The van der Waals surface area contributed by atoms with E-state index in [-0.39, 0.29) is 11.5 Å². The highest BCUT2D eigenvalue weighted by Crippen LogP contribution is 2.38. The lowest BCUT2D eigenvalue weighted by atomic mass is 10.1. The molecule has 2 heterocycles. The molecule has 0 amide bonds. The summed E-state index contributed by atoms with van der Waals surface area (Å²) in [6.45, 7) is 3.24. The van der Waals surface area contributed by atoms with Crippen LogP contribution in [0.3, 0.4) is 0 Å². The Morgan fingerprint density at radius 3 is 2.61 bits per heavy atom. The number of non-ortho nitro benzene ring substituents is 1. The lowest BCUT2D eigenvalue weighted by Crippen LogP contribution is -1.86. The Kier molecular flexibility index (Phi) is 3.57. The number of carbonyl (C=O) groups excluding carboxylic acids is 1. The summed E-state index contributed by atoms with van der Waals surface area (Å²) in [4.78, 5) is 21.7. The van der Waals surface area contributed by atoms with Gasteiger partial charge < -0.3 is 8.83 Å². The number of nitrogens with zero attached hydrogens (tertiary/aromatic N) is 1. The molecule has 0 aliphatic heterocycles.